The van der Waals surface area contributed by atoms with Crippen LogP contribution < -0.4 is 5.32 Å². The van der Waals surface area contributed by atoms with Crippen LogP contribution in [-0.2, 0) is 4.79 Å². The van der Waals surface area contributed by atoms with E-state index in [0.717, 1.165) is 19.4 Å². The Morgan fingerprint density at radius 3 is 2.26 bits per heavy atom. The van der Waals surface area contributed by atoms with Crippen molar-refractivity contribution < 1.29 is 4.79 Å². The predicted molar refractivity (Wildman–Crippen MR) is 80.8 cm³/mol. The largest absolute Gasteiger partial charge is 0.325 e. The number of carbonyl (C=O) groups is 1. The van der Waals surface area contributed by atoms with E-state index in [9.17, 15) is 4.79 Å². The molecule has 3 heteroatoms. The highest BCUT2D eigenvalue weighted by Crippen LogP contribution is 2.30. The molecule has 0 aromatic heterocycles. The van der Waals surface area contributed by atoms with E-state index in [4.69, 9.17) is 0 Å². The average Bonchev–Trinajstić information content (AvgIpc) is 2.57. The second kappa shape index (κ2) is 6.25. The quantitative estimate of drug-likeness (QED) is 0.802. The lowest BCUT2D eigenvalue weighted by atomic mass is 9.80. The first-order chi connectivity index (χ1) is 8.70. The first-order valence-corrected chi connectivity index (χ1v) is 7.77. The van der Waals surface area contributed by atoms with Crippen LogP contribution in [0.1, 0.15) is 61.3 Å². The lowest BCUT2D eigenvalue weighted by Gasteiger charge is -2.36. The SMILES string of the molecule is CCCC1NC(C(C)C)C(=O)N1CC(C)(C)C(C)C. The summed E-state index contributed by atoms with van der Waals surface area (Å²) in [6.07, 6.45) is 2.38. The van der Waals surface area contributed by atoms with Crippen LogP contribution in [0.25, 0.3) is 0 Å². The minimum Gasteiger partial charge on any atom is -0.325 e. The van der Waals surface area contributed by atoms with Gasteiger partial charge in [0.25, 0.3) is 0 Å². The van der Waals surface area contributed by atoms with Crippen molar-refractivity contribution in [3.63, 3.8) is 0 Å². The van der Waals surface area contributed by atoms with Crippen molar-refractivity contribution in [2.24, 2.45) is 17.3 Å². The third-order valence-electron chi connectivity index (χ3n) is 4.67. The highest BCUT2D eigenvalue weighted by molar-refractivity contribution is 5.84. The topological polar surface area (TPSA) is 32.3 Å². The molecule has 1 amide bonds. The molecule has 2 atom stereocenters. The van der Waals surface area contributed by atoms with Crippen molar-refractivity contribution in [3.05, 3.63) is 0 Å². The molecule has 1 rings (SSSR count). The Balaban J connectivity index is 2.85. The van der Waals surface area contributed by atoms with E-state index in [-0.39, 0.29) is 17.6 Å². The monoisotopic (exact) mass is 268 g/mol. The van der Waals surface area contributed by atoms with E-state index in [1.807, 2.05) is 0 Å². The Kier molecular flexibility index (Phi) is 5.43. The third kappa shape index (κ3) is 3.71. The van der Waals surface area contributed by atoms with Crippen molar-refractivity contribution in [2.45, 2.75) is 73.5 Å². The summed E-state index contributed by atoms with van der Waals surface area (Å²) in [7, 11) is 0. The van der Waals surface area contributed by atoms with Crippen molar-refractivity contribution in [1.29, 1.82) is 0 Å². The molecule has 0 aromatic rings. The standard InChI is InChI=1S/C16H32N2O/c1-8-9-13-17-14(11(2)3)15(19)18(13)10-16(6,7)12(4)5/h11-14,17H,8-10H2,1-7H3. The molecule has 0 radical (unpaired) electrons. The highest BCUT2D eigenvalue weighted by Gasteiger charge is 2.42. The molecular formula is C16H32N2O. The summed E-state index contributed by atoms with van der Waals surface area (Å²) in [5.41, 5.74) is 0.162. The third-order valence-corrected chi connectivity index (χ3v) is 4.67. The molecule has 0 saturated carbocycles. The maximum Gasteiger partial charge on any atom is 0.241 e. The second-order valence-electron chi connectivity index (χ2n) is 7.30. The van der Waals surface area contributed by atoms with E-state index in [1.54, 1.807) is 0 Å². The second-order valence-corrected chi connectivity index (χ2v) is 7.30. The zero-order chi connectivity index (χ0) is 14.8. The van der Waals surface area contributed by atoms with Crippen molar-refractivity contribution in [1.82, 2.24) is 10.2 Å². The number of amides is 1. The van der Waals surface area contributed by atoms with Gasteiger partial charge in [-0.2, -0.15) is 0 Å². The molecule has 0 aromatic carbocycles. The Morgan fingerprint density at radius 2 is 1.84 bits per heavy atom. The van der Waals surface area contributed by atoms with Crippen molar-refractivity contribution >= 4 is 5.91 Å². The van der Waals surface area contributed by atoms with Crippen molar-refractivity contribution in [3.8, 4) is 0 Å². The van der Waals surface area contributed by atoms with Crippen LogP contribution >= 0.6 is 0 Å². The van der Waals surface area contributed by atoms with E-state index >= 15 is 0 Å². The smallest absolute Gasteiger partial charge is 0.241 e. The molecule has 112 valence electrons. The molecule has 1 aliphatic heterocycles. The Bertz CT molecular complexity index is 310. The number of hydrogen-bond acceptors (Lipinski definition) is 2. The van der Waals surface area contributed by atoms with E-state index in [1.165, 1.54) is 0 Å². The van der Waals surface area contributed by atoms with Gasteiger partial charge in [0.2, 0.25) is 5.91 Å². The molecule has 1 heterocycles. The van der Waals surface area contributed by atoms with Crippen LogP contribution in [0.5, 0.6) is 0 Å². The van der Waals surface area contributed by atoms with Crippen LogP contribution in [0.15, 0.2) is 0 Å². The summed E-state index contributed by atoms with van der Waals surface area (Å²) in [5.74, 6) is 1.22. The van der Waals surface area contributed by atoms with Gasteiger partial charge >= 0.3 is 0 Å². The van der Waals surface area contributed by atoms with Gasteiger partial charge in [-0.3, -0.25) is 10.1 Å². The zero-order valence-corrected chi connectivity index (χ0v) is 13.8. The van der Waals surface area contributed by atoms with Gasteiger partial charge in [-0.05, 0) is 23.7 Å². The first kappa shape index (κ1) is 16.5. The summed E-state index contributed by atoms with van der Waals surface area (Å²) in [4.78, 5) is 14.7. The minimum atomic E-state index is -0.000452. The number of rotatable bonds is 6. The van der Waals surface area contributed by atoms with E-state index < -0.39 is 0 Å². The normalized spacial score (nSPS) is 24.9. The fraction of sp³-hybridized carbons (Fsp3) is 0.938. The minimum absolute atomic E-state index is 0.000452. The fourth-order valence-corrected chi connectivity index (χ4v) is 2.50. The Morgan fingerprint density at radius 1 is 1.26 bits per heavy atom. The number of nitrogens with zero attached hydrogens (tertiary/aromatic N) is 1. The average molecular weight is 268 g/mol. The van der Waals surface area contributed by atoms with Gasteiger partial charge in [-0.1, -0.05) is 54.9 Å². The van der Waals surface area contributed by atoms with Gasteiger partial charge in [0.1, 0.15) is 0 Å². The molecule has 1 fully saturated rings. The number of nitrogens with one attached hydrogen (secondary N) is 1. The van der Waals surface area contributed by atoms with Gasteiger partial charge in [0, 0.05) is 6.54 Å². The molecule has 1 N–H and O–H groups in total. The summed E-state index contributed by atoms with van der Waals surface area (Å²) in [6.45, 7) is 16.3. The number of carbonyl (C=O) groups excluding carboxylic acids is 1. The van der Waals surface area contributed by atoms with E-state index in [0.29, 0.717) is 17.7 Å². The maximum atomic E-state index is 12.6. The Labute approximate surface area is 119 Å². The molecular weight excluding hydrogens is 236 g/mol. The van der Waals surface area contributed by atoms with E-state index in [2.05, 4.69) is 58.7 Å². The summed E-state index contributed by atoms with van der Waals surface area (Å²) in [6, 6.07) is -0.000452. The maximum absolute atomic E-state index is 12.6. The highest BCUT2D eigenvalue weighted by atomic mass is 16.2. The molecule has 2 unspecified atom stereocenters. The van der Waals surface area contributed by atoms with Crippen LogP contribution in [0.4, 0.5) is 0 Å². The van der Waals surface area contributed by atoms with Crippen molar-refractivity contribution in [2.75, 3.05) is 6.54 Å². The van der Waals surface area contributed by atoms with Crippen LogP contribution in [0.2, 0.25) is 0 Å². The van der Waals surface area contributed by atoms with Crippen LogP contribution in [0, 0.1) is 17.3 Å². The van der Waals surface area contributed by atoms with Crippen LogP contribution in [0.3, 0.4) is 0 Å². The lowest BCUT2D eigenvalue weighted by Crippen LogP contribution is -2.44. The zero-order valence-electron chi connectivity index (χ0n) is 13.8. The molecule has 1 saturated heterocycles. The van der Waals surface area contributed by atoms with Gasteiger partial charge in [-0.15, -0.1) is 0 Å². The lowest BCUT2D eigenvalue weighted by molar-refractivity contribution is -0.132. The van der Waals surface area contributed by atoms with Gasteiger partial charge < -0.3 is 4.90 Å². The molecule has 0 spiro atoms. The molecule has 19 heavy (non-hydrogen) atoms. The van der Waals surface area contributed by atoms with Crippen LogP contribution in [-0.4, -0.2) is 29.6 Å². The Hall–Kier alpha value is -0.570. The molecule has 1 aliphatic rings. The summed E-state index contributed by atoms with van der Waals surface area (Å²) < 4.78 is 0. The molecule has 0 bridgehead atoms. The first-order valence-electron chi connectivity index (χ1n) is 7.77. The summed E-state index contributed by atoms with van der Waals surface area (Å²) >= 11 is 0. The predicted octanol–water partition coefficient (Wildman–Crippen LogP) is 3.25. The molecule has 0 aliphatic carbocycles. The van der Waals surface area contributed by atoms with Gasteiger partial charge in [0.05, 0.1) is 12.2 Å². The molecule has 3 nitrogen and oxygen atoms in total. The fourth-order valence-electron chi connectivity index (χ4n) is 2.50. The van der Waals surface area contributed by atoms with Gasteiger partial charge in [-0.25, -0.2) is 0 Å². The summed E-state index contributed by atoms with van der Waals surface area (Å²) in [5, 5.41) is 3.53. The van der Waals surface area contributed by atoms with Gasteiger partial charge in [0.15, 0.2) is 0 Å². The number of hydrogen-bond donors (Lipinski definition) is 1.